The molecule has 0 unspecified atom stereocenters. The van der Waals surface area contributed by atoms with Crippen molar-refractivity contribution in [1.29, 1.82) is 0 Å². The number of nitrogens with two attached hydrogens (primary N) is 1. The van der Waals surface area contributed by atoms with Crippen LogP contribution in [0.5, 0.6) is 0 Å². The molecule has 0 saturated carbocycles. The van der Waals surface area contributed by atoms with Gasteiger partial charge in [0.05, 0.1) is 17.8 Å². The summed E-state index contributed by atoms with van der Waals surface area (Å²) in [6.45, 7) is 1.10. The summed E-state index contributed by atoms with van der Waals surface area (Å²) in [5.41, 5.74) is 6.75. The Kier molecular flexibility index (Phi) is 4.88. The molecule has 0 aliphatic carbocycles. The molecular formula is C16H17N3O2S2. The minimum Gasteiger partial charge on any atom is -0.366 e. The van der Waals surface area contributed by atoms with E-state index in [1.807, 2.05) is 30.0 Å². The Labute approximate surface area is 142 Å². The molecule has 3 rings (SSSR count). The van der Waals surface area contributed by atoms with Gasteiger partial charge >= 0.3 is 0 Å². The molecular weight excluding hydrogens is 330 g/mol. The van der Waals surface area contributed by atoms with Gasteiger partial charge in [-0.25, -0.2) is 0 Å². The summed E-state index contributed by atoms with van der Waals surface area (Å²) in [4.78, 5) is 27.0. The van der Waals surface area contributed by atoms with Crippen molar-refractivity contribution in [2.75, 3.05) is 29.1 Å². The Bertz CT molecular complexity index is 730. The summed E-state index contributed by atoms with van der Waals surface area (Å²) in [7, 11) is 0. The van der Waals surface area contributed by atoms with Gasteiger partial charge < -0.3 is 16.0 Å². The number of rotatable bonds is 4. The molecule has 1 aromatic carbocycles. The number of nitrogens with one attached hydrogen (secondary N) is 1. The lowest BCUT2D eigenvalue weighted by Gasteiger charge is -2.23. The lowest BCUT2D eigenvalue weighted by atomic mass is 10.2. The van der Waals surface area contributed by atoms with Gasteiger partial charge in [-0.2, -0.15) is 0 Å². The molecule has 1 aliphatic heterocycles. The zero-order chi connectivity index (χ0) is 16.2. The van der Waals surface area contributed by atoms with Gasteiger partial charge in [-0.15, -0.1) is 23.1 Å². The van der Waals surface area contributed by atoms with Gasteiger partial charge in [-0.1, -0.05) is 12.1 Å². The fourth-order valence-electron chi connectivity index (χ4n) is 2.50. The largest absolute Gasteiger partial charge is 0.366 e. The molecule has 1 aliphatic rings. The molecule has 5 nitrogen and oxygen atoms in total. The highest BCUT2D eigenvalue weighted by Crippen LogP contribution is 2.33. The van der Waals surface area contributed by atoms with E-state index in [1.54, 1.807) is 11.4 Å². The summed E-state index contributed by atoms with van der Waals surface area (Å²) >= 11 is 3.12. The minimum absolute atomic E-state index is 0.142. The van der Waals surface area contributed by atoms with Crippen molar-refractivity contribution in [2.24, 2.45) is 5.73 Å². The number of primary amides is 1. The summed E-state index contributed by atoms with van der Waals surface area (Å²) in [5.74, 6) is 0.376. The Balaban J connectivity index is 1.73. The second-order valence-electron chi connectivity index (χ2n) is 5.17. The van der Waals surface area contributed by atoms with E-state index in [9.17, 15) is 9.59 Å². The number of hydrogen-bond donors (Lipinski definition) is 2. The molecule has 120 valence electrons. The fourth-order valence-corrected chi connectivity index (χ4v) is 4.32. The van der Waals surface area contributed by atoms with Gasteiger partial charge in [-0.3, -0.25) is 9.59 Å². The quantitative estimate of drug-likeness (QED) is 0.892. The van der Waals surface area contributed by atoms with Crippen LogP contribution in [0, 0.1) is 0 Å². The van der Waals surface area contributed by atoms with Crippen molar-refractivity contribution < 1.29 is 9.59 Å². The van der Waals surface area contributed by atoms with Gasteiger partial charge in [0.1, 0.15) is 5.00 Å². The van der Waals surface area contributed by atoms with E-state index < -0.39 is 5.91 Å². The first kappa shape index (κ1) is 15.9. The molecule has 23 heavy (non-hydrogen) atoms. The number of carbonyl (C=O) groups excluding carboxylic acids is 2. The fraction of sp³-hybridized carbons (Fsp3) is 0.250. The van der Waals surface area contributed by atoms with Gasteiger partial charge in [0.2, 0.25) is 5.91 Å². The van der Waals surface area contributed by atoms with Crippen LogP contribution in [0.3, 0.4) is 0 Å². The Morgan fingerprint density at radius 1 is 1.26 bits per heavy atom. The van der Waals surface area contributed by atoms with Gasteiger partial charge in [0.25, 0.3) is 5.91 Å². The lowest BCUT2D eigenvalue weighted by Crippen LogP contribution is -2.34. The molecule has 0 atom stereocenters. The number of amides is 2. The first-order valence-corrected chi connectivity index (χ1v) is 9.15. The third-order valence-corrected chi connectivity index (χ3v) is 5.53. The van der Waals surface area contributed by atoms with Crippen molar-refractivity contribution in [3.63, 3.8) is 0 Å². The zero-order valence-corrected chi connectivity index (χ0v) is 14.1. The van der Waals surface area contributed by atoms with E-state index in [0.29, 0.717) is 10.6 Å². The predicted octanol–water partition coefficient (Wildman–Crippen LogP) is 2.79. The normalized spacial score (nSPS) is 14.0. The van der Waals surface area contributed by atoms with E-state index in [2.05, 4.69) is 16.3 Å². The Hall–Kier alpha value is -1.99. The van der Waals surface area contributed by atoms with Crippen LogP contribution in [0.15, 0.2) is 40.6 Å². The van der Waals surface area contributed by atoms with E-state index in [0.717, 1.165) is 24.4 Å². The van der Waals surface area contributed by atoms with E-state index in [1.165, 1.54) is 16.2 Å². The summed E-state index contributed by atoms with van der Waals surface area (Å²) in [6.07, 6.45) is 1.03. The predicted molar refractivity (Wildman–Crippen MR) is 95.5 cm³/mol. The number of nitrogens with zero attached hydrogens (tertiary/aromatic N) is 1. The summed E-state index contributed by atoms with van der Waals surface area (Å²) in [6, 6.07) is 9.75. The van der Waals surface area contributed by atoms with Crippen LogP contribution in [0.1, 0.15) is 16.8 Å². The molecule has 2 amide bonds. The van der Waals surface area contributed by atoms with Gasteiger partial charge in [0.15, 0.2) is 0 Å². The van der Waals surface area contributed by atoms with Crippen LogP contribution in [0.25, 0.3) is 0 Å². The molecule has 1 aromatic heterocycles. The summed E-state index contributed by atoms with van der Waals surface area (Å²) in [5, 5.41) is 5.06. The third-order valence-electron chi connectivity index (χ3n) is 3.55. The average Bonchev–Trinajstić information content (AvgIpc) is 2.89. The molecule has 0 spiro atoms. The van der Waals surface area contributed by atoms with Crippen molar-refractivity contribution in [3.05, 3.63) is 41.3 Å². The van der Waals surface area contributed by atoms with Crippen molar-refractivity contribution in [1.82, 2.24) is 0 Å². The smallest absolute Gasteiger partial charge is 0.251 e. The molecule has 0 fully saturated rings. The number of carbonyl (C=O) groups is 2. The second kappa shape index (κ2) is 7.06. The van der Waals surface area contributed by atoms with Crippen LogP contribution >= 0.6 is 23.1 Å². The zero-order valence-electron chi connectivity index (χ0n) is 12.5. The number of para-hydroxylation sites is 1. The first-order valence-electron chi connectivity index (χ1n) is 7.29. The van der Waals surface area contributed by atoms with Gasteiger partial charge in [0, 0.05) is 11.4 Å². The van der Waals surface area contributed by atoms with Crippen molar-refractivity contribution >= 4 is 45.6 Å². The topological polar surface area (TPSA) is 75.4 Å². The number of hydrogen-bond acceptors (Lipinski definition) is 5. The molecule has 2 heterocycles. The first-order chi connectivity index (χ1) is 11.1. The molecule has 2 aromatic rings. The molecule has 3 N–H and O–H groups in total. The highest BCUT2D eigenvalue weighted by molar-refractivity contribution is 7.99. The second-order valence-corrected chi connectivity index (χ2v) is 7.22. The van der Waals surface area contributed by atoms with Crippen molar-refractivity contribution in [3.8, 4) is 0 Å². The molecule has 0 radical (unpaired) electrons. The standard InChI is InChI=1S/C16H17N3O2S2/c17-15(21)11-6-9-23-16(11)18-14(20)10-19-7-3-8-22-13-5-2-1-4-12(13)19/h1-2,4-6,9H,3,7-8,10H2,(H2,17,21)(H,18,20). The van der Waals surface area contributed by atoms with Crippen LogP contribution in [-0.4, -0.2) is 30.7 Å². The average molecular weight is 347 g/mol. The SMILES string of the molecule is NC(=O)c1ccsc1NC(=O)CN1CCCSc2ccccc21. The maximum Gasteiger partial charge on any atom is 0.251 e. The van der Waals surface area contributed by atoms with E-state index in [4.69, 9.17) is 5.73 Å². The molecule has 0 saturated heterocycles. The van der Waals surface area contributed by atoms with Crippen LogP contribution in [0.2, 0.25) is 0 Å². The van der Waals surface area contributed by atoms with Crippen LogP contribution in [0.4, 0.5) is 10.7 Å². The van der Waals surface area contributed by atoms with Gasteiger partial charge in [-0.05, 0) is 35.8 Å². The minimum atomic E-state index is -0.530. The number of anilines is 2. The highest BCUT2D eigenvalue weighted by atomic mass is 32.2. The number of fused-ring (bicyclic) bond motifs is 1. The monoisotopic (exact) mass is 347 g/mol. The Morgan fingerprint density at radius 2 is 2.09 bits per heavy atom. The third kappa shape index (κ3) is 3.68. The Morgan fingerprint density at radius 3 is 2.91 bits per heavy atom. The highest BCUT2D eigenvalue weighted by Gasteiger charge is 2.19. The number of thiophene rings is 1. The van der Waals surface area contributed by atoms with Crippen molar-refractivity contribution in [2.45, 2.75) is 11.3 Å². The lowest BCUT2D eigenvalue weighted by molar-refractivity contribution is -0.115. The molecule has 0 bridgehead atoms. The van der Waals surface area contributed by atoms with E-state index >= 15 is 0 Å². The maximum atomic E-state index is 12.4. The summed E-state index contributed by atoms with van der Waals surface area (Å²) < 4.78 is 0. The molecule has 7 heteroatoms. The number of thioether (sulfide) groups is 1. The number of benzene rings is 1. The maximum absolute atomic E-state index is 12.4. The van der Waals surface area contributed by atoms with Crippen LogP contribution < -0.4 is 16.0 Å². The van der Waals surface area contributed by atoms with Crippen LogP contribution in [-0.2, 0) is 4.79 Å². The van der Waals surface area contributed by atoms with E-state index in [-0.39, 0.29) is 12.5 Å².